The predicted molar refractivity (Wildman–Crippen MR) is 81.2 cm³/mol. The molecule has 0 bridgehead atoms. The van der Waals surface area contributed by atoms with E-state index >= 15 is 0 Å². The molecule has 1 saturated carbocycles. The van der Waals surface area contributed by atoms with Crippen LogP contribution in [0.1, 0.15) is 66.2 Å². The van der Waals surface area contributed by atoms with Crippen LogP contribution in [0.3, 0.4) is 0 Å². The summed E-state index contributed by atoms with van der Waals surface area (Å²) in [6.07, 6.45) is 7.33. The number of nitrogens with zero attached hydrogens (tertiary/aromatic N) is 1. The molecule has 1 saturated heterocycles. The number of likely N-dealkylation sites (tertiary alicyclic amines) is 1. The van der Waals surface area contributed by atoms with Crippen molar-refractivity contribution in [1.82, 2.24) is 4.90 Å². The van der Waals surface area contributed by atoms with Crippen molar-refractivity contribution in [3.05, 3.63) is 0 Å². The Morgan fingerprint density at radius 2 is 1.89 bits per heavy atom. The molecule has 1 aliphatic heterocycles. The van der Waals surface area contributed by atoms with E-state index < -0.39 is 0 Å². The van der Waals surface area contributed by atoms with E-state index in [1.54, 1.807) is 0 Å². The Hall–Kier alpha value is -0.0800. The van der Waals surface area contributed by atoms with Crippen LogP contribution in [0.15, 0.2) is 0 Å². The molecule has 1 aliphatic carbocycles. The van der Waals surface area contributed by atoms with E-state index in [0.717, 1.165) is 18.3 Å². The van der Waals surface area contributed by atoms with Crippen molar-refractivity contribution in [3.8, 4) is 0 Å². The topological polar surface area (TPSA) is 23.5 Å². The maximum atomic E-state index is 10.4. The average molecular weight is 267 g/mol. The van der Waals surface area contributed by atoms with Crippen molar-refractivity contribution in [2.75, 3.05) is 13.1 Å². The molecule has 112 valence electrons. The average Bonchev–Trinajstić information content (AvgIpc) is 2.77. The first-order valence-electron chi connectivity index (χ1n) is 8.34. The summed E-state index contributed by atoms with van der Waals surface area (Å²) in [5, 5.41) is 10.4. The molecule has 0 amide bonds. The fraction of sp³-hybridized carbons (Fsp3) is 1.00. The molecular formula is C17H33NO. The summed E-state index contributed by atoms with van der Waals surface area (Å²) < 4.78 is 0. The Kier molecular flexibility index (Phi) is 4.94. The second-order valence-electron chi connectivity index (χ2n) is 7.95. The van der Waals surface area contributed by atoms with E-state index in [4.69, 9.17) is 0 Å². The van der Waals surface area contributed by atoms with Crippen molar-refractivity contribution in [2.45, 2.75) is 78.4 Å². The molecule has 0 aromatic carbocycles. The largest absolute Gasteiger partial charge is 0.391 e. The summed E-state index contributed by atoms with van der Waals surface area (Å²) in [5.74, 6) is 1.65. The van der Waals surface area contributed by atoms with Crippen molar-refractivity contribution >= 4 is 0 Å². The highest BCUT2D eigenvalue weighted by molar-refractivity contribution is 4.93. The van der Waals surface area contributed by atoms with Gasteiger partial charge in [0.1, 0.15) is 0 Å². The van der Waals surface area contributed by atoms with Gasteiger partial charge in [-0.15, -0.1) is 0 Å². The Morgan fingerprint density at radius 3 is 2.53 bits per heavy atom. The van der Waals surface area contributed by atoms with Gasteiger partial charge in [0.05, 0.1) is 6.10 Å². The molecule has 0 radical (unpaired) electrons. The van der Waals surface area contributed by atoms with E-state index in [-0.39, 0.29) is 6.10 Å². The molecule has 4 unspecified atom stereocenters. The zero-order valence-electron chi connectivity index (χ0n) is 13.4. The Balaban J connectivity index is 1.94. The molecule has 2 heteroatoms. The van der Waals surface area contributed by atoms with Gasteiger partial charge in [0.15, 0.2) is 0 Å². The molecule has 4 atom stereocenters. The second kappa shape index (κ2) is 6.13. The van der Waals surface area contributed by atoms with Crippen LogP contribution in [0, 0.1) is 17.3 Å². The number of rotatable bonds is 3. The molecule has 1 N–H and O–H groups in total. The minimum atomic E-state index is -0.0843. The van der Waals surface area contributed by atoms with E-state index in [0.29, 0.717) is 11.5 Å². The lowest BCUT2D eigenvalue weighted by atomic mass is 9.70. The summed E-state index contributed by atoms with van der Waals surface area (Å²) in [7, 11) is 0. The van der Waals surface area contributed by atoms with Gasteiger partial charge in [-0.3, -0.25) is 4.90 Å². The van der Waals surface area contributed by atoms with Gasteiger partial charge in [0.2, 0.25) is 0 Å². The molecule has 0 aromatic heterocycles. The Bertz CT molecular complexity index is 283. The fourth-order valence-electron chi connectivity index (χ4n) is 4.12. The van der Waals surface area contributed by atoms with Crippen LogP contribution in [0.5, 0.6) is 0 Å². The zero-order valence-corrected chi connectivity index (χ0v) is 13.4. The molecule has 2 fully saturated rings. The molecule has 2 rings (SSSR count). The minimum Gasteiger partial charge on any atom is -0.391 e. The van der Waals surface area contributed by atoms with Crippen LogP contribution in [-0.2, 0) is 0 Å². The third-order valence-electron chi connectivity index (χ3n) is 5.49. The monoisotopic (exact) mass is 267 g/mol. The Labute approximate surface area is 119 Å². The first-order chi connectivity index (χ1) is 8.91. The highest BCUT2D eigenvalue weighted by Gasteiger charge is 2.39. The Morgan fingerprint density at radius 1 is 1.16 bits per heavy atom. The molecule has 2 nitrogen and oxygen atoms in total. The number of hydrogen-bond donors (Lipinski definition) is 1. The summed E-state index contributed by atoms with van der Waals surface area (Å²) in [6.45, 7) is 11.8. The molecule has 0 spiro atoms. The van der Waals surface area contributed by atoms with Crippen molar-refractivity contribution in [2.24, 2.45) is 17.3 Å². The van der Waals surface area contributed by atoms with Crippen LogP contribution >= 0.6 is 0 Å². The van der Waals surface area contributed by atoms with Gasteiger partial charge < -0.3 is 5.11 Å². The van der Waals surface area contributed by atoms with Gasteiger partial charge in [-0.25, -0.2) is 0 Å². The van der Waals surface area contributed by atoms with Gasteiger partial charge in [0.25, 0.3) is 0 Å². The van der Waals surface area contributed by atoms with Crippen molar-refractivity contribution in [1.29, 1.82) is 0 Å². The summed E-state index contributed by atoms with van der Waals surface area (Å²) in [5.41, 5.74) is 0.390. The first kappa shape index (κ1) is 15.3. The van der Waals surface area contributed by atoms with Crippen LogP contribution in [-0.4, -0.2) is 35.2 Å². The maximum Gasteiger partial charge on any atom is 0.0695 e. The number of hydrogen-bond acceptors (Lipinski definition) is 2. The third kappa shape index (κ3) is 3.72. The highest BCUT2D eigenvalue weighted by Crippen LogP contribution is 2.40. The van der Waals surface area contributed by atoms with Crippen molar-refractivity contribution in [3.63, 3.8) is 0 Å². The molecule has 19 heavy (non-hydrogen) atoms. The lowest BCUT2D eigenvalue weighted by Crippen LogP contribution is -2.48. The van der Waals surface area contributed by atoms with E-state index in [1.165, 1.54) is 45.2 Å². The van der Waals surface area contributed by atoms with Crippen LogP contribution in [0.4, 0.5) is 0 Å². The summed E-state index contributed by atoms with van der Waals surface area (Å²) >= 11 is 0. The predicted octanol–water partition coefficient (Wildman–Crippen LogP) is 3.68. The highest BCUT2D eigenvalue weighted by atomic mass is 16.3. The minimum absolute atomic E-state index is 0.0843. The number of aliphatic hydroxyl groups excluding tert-OH is 1. The lowest BCUT2D eigenvalue weighted by molar-refractivity contribution is -0.00983. The standard InChI is InChI=1S/C17H33NO/c1-5-6-13-9-10-18(12-13)15-11-14(17(2,3)4)7-8-16(15)19/h13-16,19H,5-12H2,1-4H3. The third-order valence-corrected chi connectivity index (χ3v) is 5.49. The van der Waals surface area contributed by atoms with Crippen molar-refractivity contribution < 1.29 is 5.11 Å². The van der Waals surface area contributed by atoms with E-state index in [9.17, 15) is 5.11 Å². The van der Waals surface area contributed by atoms with Gasteiger partial charge >= 0.3 is 0 Å². The maximum absolute atomic E-state index is 10.4. The summed E-state index contributed by atoms with van der Waals surface area (Å²) in [6, 6.07) is 0.430. The van der Waals surface area contributed by atoms with Gasteiger partial charge in [0, 0.05) is 12.6 Å². The SMILES string of the molecule is CCCC1CCN(C2CC(C(C)(C)C)CCC2O)C1. The van der Waals surface area contributed by atoms with Crippen LogP contribution < -0.4 is 0 Å². The van der Waals surface area contributed by atoms with Crippen LogP contribution in [0.2, 0.25) is 0 Å². The van der Waals surface area contributed by atoms with Gasteiger partial charge in [-0.1, -0.05) is 34.1 Å². The number of aliphatic hydroxyl groups is 1. The van der Waals surface area contributed by atoms with E-state index in [1.807, 2.05) is 0 Å². The van der Waals surface area contributed by atoms with E-state index in [2.05, 4.69) is 32.6 Å². The van der Waals surface area contributed by atoms with Crippen LogP contribution in [0.25, 0.3) is 0 Å². The smallest absolute Gasteiger partial charge is 0.0695 e. The first-order valence-corrected chi connectivity index (χ1v) is 8.34. The zero-order chi connectivity index (χ0) is 14.0. The molecule has 2 aliphatic rings. The lowest BCUT2D eigenvalue weighted by Gasteiger charge is -2.43. The molecule has 1 heterocycles. The molecule has 0 aromatic rings. The van der Waals surface area contributed by atoms with Gasteiger partial charge in [-0.2, -0.15) is 0 Å². The fourth-order valence-corrected chi connectivity index (χ4v) is 4.12. The molecular weight excluding hydrogens is 234 g/mol. The van der Waals surface area contributed by atoms with Gasteiger partial charge in [-0.05, 0) is 55.9 Å². The second-order valence-corrected chi connectivity index (χ2v) is 7.95. The normalized spacial score (nSPS) is 37.7. The summed E-state index contributed by atoms with van der Waals surface area (Å²) in [4.78, 5) is 2.60. The quantitative estimate of drug-likeness (QED) is 0.843.